The highest BCUT2D eigenvalue weighted by atomic mass is 32.3. The van der Waals surface area contributed by atoms with E-state index in [1.54, 1.807) is 0 Å². The minimum absolute atomic E-state index is 0.0670. The van der Waals surface area contributed by atoms with E-state index in [1.165, 1.54) is 0 Å². The highest BCUT2D eigenvalue weighted by Gasteiger charge is 2.65. The van der Waals surface area contributed by atoms with Gasteiger partial charge in [0.25, 0.3) is 0 Å². The highest BCUT2D eigenvalue weighted by Crippen LogP contribution is 2.68. The number of aliphatic hydroxyl groups is 2. The zero-order valence-corrected chi connectivity index (χ0v) is 25.7. The van der Waals surface area contributed by atoms with Gasteiger partial charge in [-0.2, -0.15) is 0 Å². The topological polar surface area (TPSA) is 173 Å². The van der Waals surface area contributed by atoms with Gasteiger partial charge in [-0.3, -0.25) is 8.37 Å². The Morgan fingerprint density at radius 1 is 0.975 bits per heavy atom. The molecule has 0 amide bonds. The van der Waals surface area contributed by atoms with Gasteiger partial charge in [-0.15, -0.1) is 0 Å². The van der Waals surface area contributed by atoms with Crippen LogP contribution >= 0.6 is 0 Å². The Bertz CT molecular complexity index is 1150. The maximum Gasteiger partial charge on any atom is 0.217 e. The monoisotopic (exact) mass is 606 g/mol. The molecule has 0 saturated heterocycles. The molecule has 0 radical (unpaired) electrons. The van der Waals surface area contributed by atoms with E-state index in [-0.39, 0.29) is 59.9 Å². The summed E-state index contributed by atoms with van der Waals surface area (Å²) in [6.07, 6.45) is 2.94. The van der Waals surface area contributed by atoms with Crippen LogP contribution in [-0.2, 0) is 29.2 Å². The third-order valence-corrected chi connectivity index (χ3v) is 12.5. The minimum atomic E-state index is -4.94. The molecule has 0 bridgehead atoms. The fourth-order valence-corrected chi connectivity index (χ4v) is 10.6. The maximum atomic E-state index is 11.8. The van der Waals surface area contributed by atoms with Gasteiger partial charge in [0.1, 0.15) is 6.10 Å². The molecule has 4 saturated carbocycles. The van der Waals surface area contributed by atoms with Gasteiger partial charge in [0.2, 0.25) is 20.8 Å². The van der Waals surface area contributed by atoms with Gasteiger partial charge < -0.3 is 19.3 Å². The van der Waals surface area contributed by atoms with E-state index in [1.807, 2.05) is 0 Å². The van der Waals surface area contributed by atoms with E-state index in [2.05, 4.69) is 34.3 Å². The maximum absolute atomic E-state index is 11.8. The zero-order chi connectivity index (χ0) is 29.8. The summed E-state index contributed by atoms with van der Waals surface area (Å²) in [4.78, 5) is 0. The normalized spacial score (nSPS) is 42.6. The van der Waals surface area contributed by atoms with E-state index < -0.39 is 44.5 Å². The number of aliphatic hydroxyl groups excluding tert-OH is 2. The average Bonchev–Trinajstić information content (AvgIpc) is 3.15. The molecule has 0 heterocycles. The second kappa shape index (κ2) is 11.5. The lowest BCUT2D eigenvalue weighted by molar-refractivity contribution is -0.205. The number of rotatable bonds is 10. The van der Waals surface area contributed by atoms with E-state index in [9.17, 15) is 36.2 Å². The third kappa shape index (κ3) is 6.34. The Labute approximate surface area is 239 Å². The summed E-state index contributed by atoms with van der Waals surface area (Å²) in [5.41, 5.74) is 0.341. The van der Waals surface area contributed by atoms with Crippen LogP contribution in [0.4, 0.5) is 0 Å². The summed E-state index contributed by atoms with van der Waals surface area (Å²) >= 11 is 0. The molecule has 40 heavy (non-hydrogen) atoms. The fourth-order valence-electron chi connectivity index (χ4n) is 9.73. The number of allylic oxidation sites excluding steroid dienone is 1. The van der Waals surface area contributed by atoms with Crippen LogP contribution in [0.5, 0.6) is 0 Å². The molecule has 2 N–H and O–H groups in total. The first-order chi connectivity index (χ1) is 18.4. The van der Waals surface area contributed by atoms with Crippen LogP contribution in [0.3, 0.4) is 0 Å². The van der Waals surface area contributed by atoms with Crippen molar-refractivity contribution in [2.45, 2.75) is 104 Å². The number of hydrogen-bond donors (Lipinski definition) is 2. The van der Waals surface area contributed by atoms with Gasteiger partial charge in [0.05, 0.1) is 18.8 Å². The summed E-state index contributed by atoms with van der Waals surface area (Å²) < 4.78 is 77.4. The SMILES string of the molecule is C=C(CC[C@@H](COS(=O)(=O)[O-])[C@H]1CC[C@H]2[C@@H]3CC[C@@H]4[C@H](O)[C@H](OS(=O)(=O)[O-])CC[C@]4(C)[C@H]3[C@@H](O)C[C@]12C)C(C)C. The number of hydrogen-bond acceptors (Lipinski definition) is 10. The summed E-state index contributed by atoms with van der Waals surface area (Å²) in [7, 11) is -9.78. The summed E-state index contributed by atoms with van der Waals surface area (Å²) in [5, 5.41) is 22.8. The van der Waals surface area contributed by atoms with Crippen molar-refractivity contribution in [2.24, 2.45) is 52.3 Å². The molecule has 4 aliphatic rings. The Hall–Kier alpha value is -0.600. The predicted octanol–water partition coefficient (Wildman–Crippen LogP) is 3.52. The molecule has 232 valence electrons. The lowest BCUT2D eigenvalue weighted by Crippen LogP contribution is -2.62. The second-order valence-corrected chi connectivity index (χ2v) is 15.9. The smallest absolute Gasteiger partial charge is 0.217 e. The number of fused-ring (bicyclic) bond motifs is 5. The molecule has 4 rings (SSSR count). The van der Waals surface area contributed by atoms with Gasteiger partial charge in [0, 0.05) is 0 Å². The van der Waals surface area contributed by atoms with Gasteiger partial charge in [-0.1, -0.05) is 39.8 Å². The molecular weight excluding hydrogens is 560 g/mol. The molecule has 11 atom stereocenters. The Balaban J connectivity index is 1.57. The minimum Gasteiger partial charge on any atom is -0.726 e. The zero-order valence-electron chi connectivity index (χ0n) is 24.0. The van der Waals surface area contributed by atoms with Gasteiger partial charge in [0.15, 0.2) is 0 Å². The molecule has 0 aliphatic heterocycles. The fraction of sp³-hybridized carbons (Fsp3) is 0.929. The molecule has 4 aliphatic carbocycles. The van der Waals surface area contributed by atoms with Crippen LogP contribution in [0.2, 0.25) is 0 Å². The lowest BCUT2D eigenvalue weighted by Gasteiger charge is -2.63. The van der Waals surface area contributed by atoms with Crippen LogP contribution in [-0.4, -0.2) is 61.1 Å². The Morgan fingerprint density at radius 2 is 1.62 bits per heavy atom. The first-order valence-corrected chi connectivity index (χ1v) is 17.3. The van der Waals surface area contributed by atoms with Crippen LogP contribution < -0.4 is 0 Å². The summed E-state index contributed by atoms with van der Waals surface area (Å²) in [6.45, 7) is 12.4. The molecule has 0 unspecified atom stereocenters. The first kappa shape index (κ1) is 32.3. The molecule has 0 aromatic carbocycles. The summed E-state index contributed by atoms with van der Waals surface area (Å²) in [5.74, 6) is 0.246. The molecule has 4 fully saturated rings. The van der Waals surface area contributed by atoms with Crippen LogP contribution in [0.1, 0.15) is 85.5 Å². The van der Waals surface area contributed by atoms with Crippen molar-refractivity contribution in [3.05, 3.63) is 12.2 Å². The van der Waals surface area contributed by atoms with Crippen molar-refractivity contribution >= 4 is 20.8 Å². The summed E-state index contributed by atoms with van der Waals surface area (Å²) in [6, 6.07) is 0. The van der Waals surface area contributed by atoms with Crippen LogP contribution in [0.15, 0.2) is 12.2 Å². The molecule has 0 aromatic heterocycles. The van der Waals surface area contributed by atoms with Crippen molar-refractivity contribution in [1.29, 1.82) is 0 Å². The standard InChI is InChI=1S/C28H48O10S2/c1-16(2)17(3)6-7-18(15-37-39(31,32)33)20-10-11-21-19-8-9-22-26(30)24(38-40(34,35)36)12-13-27(22,4)25(19)23(29)14-28(20,21)5/h16,18-26,29-30H,3,6-15H2,1-2,4-5H3,(H,31,32,33)(H,34,35,36)/p-2/t18-,19-,20+,21-,22+,23-,24+,25+,26-,27-,28+/m0/s1. The van der Waals surface area contributed by atoms with Gasteiger partial charge >= 0.3 is 0 Å². The van der Waals surface area contributed by atoms with E-state index >= 15 is 0 Å². The molecule has 12 heteroatoms. The Morgan fingerprint density at radius 3 is 2.23 bits per heavy atom. The van der Waals surface area contributed by atoms with Crippen molar-refractivity contribution in [3.63, 3.8) is 0 Å². The van der Waals surface area contributed by atoms with Crippen molar-refractivity contribution in [2.75, 3.05) is 6.61 Å². The van der Waals surface area contributed by atoms with Crippen molar-refractivity contribution in [1.82, 2.24) is 0 Å². The predicted molar refractivity (Wildman–Crippen MR) is 145 cm³/mol. The molecule has 10 nitrogen and oxygen atoms in total. The molecule has 0 spiro atoms. The van der Waals surface area contributed by atoms with Crippen LogP contribution in [0, 0.1) is 52.3 Å². The van der Waals surface area contributed by atoms with Crippen molar-refractivity contribution < 1.29 is 44.5 Å². The largest absolute Gasteiger partial charge is 0.726 e. The Kier molecular flexibility index (Phi) is 9.28. The quantitative estimate of drug-likeness (QED) is 0.213. The average molecular weight is 607 g/mol. The second-order valence-electron chi connectivity index (χ2n) is 13.8. The van der Waals surface area contributed by atoms with E-state index in [0.29, 0.717) is 32.1 Å². The first-order valence-electron chi connectivity index (χ1n) is 14.7. The van der Waals surface area contributed by atoms with Gasteiger partial charge in [-0.05, 0) is 110 Å². The lowest BCUT2D eigenvalue weighted by atomic mass is 9.43. The molecule has 0 aromatic rings. The van der Waals surface area contributed by atoms with Gasteiger partial charge in [-0.25, -0.2) is 16.8 Å². The van der Waals surface area contributed by atoms with Crippen molar-refractivity contribution in [3.8, 4) is 0 Å². The van der Waals surface area contributed by atoms with Crippen LogP contribution in [0.25, 0.3) is 0 Å². The highest BCUT2D eigenvalue weighted by molar-refractivity contribution is 7.81. The van der Waals surface area contributed by atoms with E-state index in [0.717, 1.165) is 24.8 Å². The molecular formula is C28H46O10S2-2. The van der Waals surface area contributed by atoms with E-state index in [4.69, 9.17) is 8.37 Å². The third-order valence-electron chi connectivity index (χ3n) is 11.6.